The number of aromatic amines is 1. The van der Waals surface area contributed by atoms with Crippen molar-refractivity contribution >= 4 is 17.0 Å². The third kappa shape index (κ3) is 3.54. The summed E-state index contributed by atoms with van der Waals surface area (Å²) in [4.78, 5) is 33.9. The Morgan fingerprint density at radius 2 is 2.22 bits per heavy atom. The summed E-state index contributed by atoms with van der Waals surface area (Å²) < 4.78 is 0. The number of aryl methyl sites for hydroxylation is 1. The van der Waals surface area contributed by atoms with Crippen molar-refractivity contribution in [3.63, 3.8) is 0 Å². The number of nitrogens with zero attached hydrogens (tertiary/aromatic N) is 3. The molecule has 1 N–H and O–H groups in total. The first kappa shape index (κ1) is 17.6. The molecule has 1 aliphatic heterocycles. The van der Waals surface area contributed by atoms with E-state index in [0.717, 1.165) is 22.7 Å². The fourth-order valence-electron chi connectivity index (χ4n) is 3.35. The molecule has 0 atom stereocenters. The number of hydrogen-bond acceptors (Lipinski definition) is 6. The van der Waals surface area contributed by atoms with Crippen LogP contribution in [0.4, 0.5) is 5.69 Å². The third-order valence-corrected chi connectivity index (χ3v) is 5.66. The number of hydrogen-bond donors (Lipinski definition) is 1. The molecule has 1 aliphatic rings. The summed E-state index contributed by atoms with van der Waals surface area (Å²) in [5.41, 5.74) is 3.06. The van der Waals surface area contributed by atoms with Crippen LogP contribution < -0.4 is 5.56 Å². The van der Waals surface area contributed by atoms with Crippen LogP contribution in [0.5, 0.6) is 0 Å². The molecule has 138 valence electrons. The standard InChI is InChI=1S/C19H18N4O3S/c1-12-4-5-13(9-16(12)23(25)26)10-22-7-6-15-14(11-22)19(24)21-18(20-15)17-3-2-8-27-17/h2-5,8-9H,6-7,10-11H2,1H3,(H,20,21,24). The molecular formula is C19H18N4O3S. The van der Waals surface area contributed by atoms with E-state index in [9.17, 15) is 14.9 Å². The summed E-state index contributed by atoms with van der Waals surface area (Å²) in [6.07, 6.45) is 0.686. The lowest BCUT2D eigenvalue weighted by molar-refractivity contribution is -0.385. The number of rotatable bonds is 4. The largest absolute Gasteiger partial charge is 0.306 e. The molecule has 27 heavy (non-hydrogen) atoms. The smallest absolute Gasteiger partial charge is 0.272 e. The molecule has 0 amide bonds. The predicted molar refractivity (Wildman–Crippen MR) is 104 cm³/mol. The van der Waals surface area contributed by atoms with Gasteiger partial charge in [-0.3, -0.25) is 19.8 Å². The van der Waals surface area contributed by atoms with E-state index in [4.69, 9.17) is 0 Å². The molecule has 0 radical (unpaired) electrons. The van der Waals surface area contributed by atoms with Crippen molar-refractivity contribution in [2.45, 2.75) is 26.4 Å². The van der Waals surface area contributed by atoms with Gasteiger partial charge in [0.2, 0.25) is 0 Å². The Morgan fingerprint density at radius 3 is 2.96 bits per heavy atom. The van der Waals surface area contributed by atoms with E-state index in [0.29, 0.717) is 36.5 Å². The van der Waals surface area contributed by atoms with Crippen LogP contribution in [0.15, 0.2) is 40.5 Å². The van der Waals surface area contributed by atoms with E-state index in [-0.39, 0.29) is 16.2 Å². The van der Waals surface area contributed by atoms with Gasteiger partial charge in [0.15, 0.2) is 5.82 Å². The fraction of sp³-hybridized carbons (Fsp3) is 0.263. The molecular weight excluding hydrogens is 364 g/mol. The number of benzene rings is 1. The Morgan fingerprint density at radius 1 is 1.37 bits per heavy atom. The van der Waals surface area contributed by atoms with Gasteiger partial charge in [-0.1, -0.05) is 18.2 Å². The van der Waals surface area contributed by atoms with Gasteiger partial charge in [0.25, 0.3) is 11.2 Å². The molecule has 2 aromatic heterocycles. The second-order valence-electron chi connectivity index (χ2n) is 6.66. The highest BCUT2D eigenvalue weighted by Gasteiger charge is 2.22. The number of H-pyrrole nitrogens is 1. The van der Waals surface area contributed by atoms with Gasteiger partial charge in [-0.25, -0.2) is 4.98 Å². The molecule has 0 unspecified atom stereocenters. The molecule has 7 nitrogen and oxygen atoms in total. The zero-order valence-electron chi connectivity index (χ0n) is 14.8. The van der Waals surface area contributed by atoms with Gasteiger partial charge in [0, 0.05) is 37.7 Å². The monoisotopic (exact) mass is 382 g/mol. The first-order chi connectivity index (χ1) is 13.0. The topological polar surface area (TPSA) is 92.1 Å². The summed E-state index contributed by atoms with van der Waals surface area (Å²) in [6.45, 7) is 3.54. The number of thiophene rings is 1. The number of nitro groups is 1. The second-order valence-corrected chi connectivity index (χ2v) is 7.60. The van der Waals surface area contributed by atoms with Crippen LogP contribution in [0.1, 0.15) is 22.4 Å². The zero-order valence-corrected chi connectivity index (χ0v) is 15.6. The van der Waals surface area contributed by atoms with Crippen LogP contribution in [-0.2, 0) is 19.5 Å². The molecule has 3 heterocycles. The van der Waals surface area contributed by atoms with Crippen molar-refractivity contribution in [3.05, 3.63) is 78.6 Å². The van der Waals surface area contributed by atoms with Gasteiger partial charge in [0.05, 0.1) is 21.1 Å². The Kier molecular flexibility index (Phi) is 4.59. The lowest BCUT2D eigenvalue weighted by Gasteiger charge is -2.27. The van der Waals surface area contributed by atoms with Crippen molar-refractivity contribution in [1.82, 2.24) is 14.9 Å². The van der Waals surface area contributed by atoms with Gasteiger partial charge in [-0.05, 0) is 23.9 Å². The number of nitro benzene ring substituents is 1. The highest BCUT2D eigenvalue weighted by atomic mass is 32.1. The maximum absolute atomic E-state index is 12.6. The van der Waals surface area contributed by atoms with Gasteiger partial charge < -0.3 is 4.98 Å². The molecule has 0 aliphatic carbocycles. The van der Waals surface area contributed by atoms with E-state index < -0.39 is 0 Å². The quantitative estimate of drug-likeness (QED) is 0.552. The molecule has 8 heteroatoms. The van der Waals surface area contributed by atoms with E-state index in [2.05, 4.69) is 14.9 Å². The predicted octanol–water partition coefficient (Wildman–Crippen LogP) is 3.27. The summed E-state index contributed by atoms with van der Waals surface area (Å²) >= 11 is 1.54. The lowest BCUT2D eigenvalue weighted by Crippen LogP contribution is -2.35. The minimum absolute atomic E-state index is 0.108. The van der Waals surface area contributed by atoms with Crippen molar-refractivity contribution in [2.75, 3.05) is 6.54 Å². The maximum atomic E-state index is 12.6. The summed E-state index contributed by atoms with van der Waals surface area (Å²) in [6, 6.07) is 9.16. The van der Waals surface area contributed by atoms with Crippen molar-refractivity contribution in [1.29, 1.82) is 0 Å². The van der Waals surface area contributed by atoms with Crippen molar-refractivity contribution in [2.24, 2.45) is 0 Å². The minimum atomic E-state index is -0.356. The van der Waals surface area contributed by atoms with Crippen LogP contribution in [0.3, 0.4) is 0 Å². The average molecular weight is 382 g/mol. The van der Waals surface area contributed by atoms with Gasteiger partial charge >= 0.3 is 0 Å². The molecule has 1 aromatic carbocycles. The van der Waals surface area contributed by atoms with E-state index in [1.165, 1.54) is 0 Å². The van der Waals surface area contributed by atoms with Gasteiger partial charge in [-0.2, -0.15) is 0 Å². The van der Waals surface area contributed by atoms with Crippen LogP contribution in [0.2, 0.25) is 0 Å². The molecule has 0 bridgehead atoms. The average Bonchev–Trinajstić information content (AvgIpc) is 3.18. The van der Waals surface area contributed by atoms with Crippen LogP contribution in [-0.4, -0.2) is 26.3 Å². The van der Waals surface area contributed by atoms with E-state index in [1.54, 1.807) is 30.4 Å². The minimum Gasteiger partial charge on any atom is -0.306 e. The third-order valence-electron chi connectivity index (χ3n) is 4.78. The summed E-state index contributed by atoms with van der Waals surface area (Å²) in [5, 5.41) is 13.1. The van der Waals surface area contributed by atoms with Crippen LogP contribution in [0, 0.1) is 17.0 Å². The van der Waals surface area contributed by atoms with Crippen LogP contribution in [0.25, 0.3) is 10.7 Å². The molecule has 0 fully saturated rings. The first-order valence-electron chi connectivity index (χ1n) is 8.63. The molecule has 0 spiro atoms. The molecule has 4 rings (SSSR count). The molecule has 0 saturated heterocycles. The molecule has 3 aromatic rings. The number of aromatic nitrogens is 2. The second kappa shape index (κ2) is 7.05. The lowest BCUT2D eigenvalue weighted by atomic mass is 10.0. The normalized spacial score (nSPS) is 14.1. The summed E-state index contributed by atoms with van der Waals surface area (Å²) in [7, 11) is 0. The number of nitrogens with one attached hydrogen (secondary N) is 1. The summed E-state index contributed by atoms with van der Waals surface area (Å²) in [5.74, 6) is 0.622. The Balaban J connectivity index is 1.56. The van der Waals surface area contributed by atoms with Gasteiger partial charge in [-0.15, -0.1) is 11.3 Å². The van der Waals surface area contributed by atoms with E-state index >= 15 is 0 Å². The molecule has 0 saturated carbocycles. The maximum Gasteiger partial charge on any atom is 0.272 e. The van der Waals surface area contributed by atoms with E-state index in [1.807, 2.05) is 23.6 Å². The Hall–Kier alpha value is -2.84. The van der Waals surface area contributed by atoms with Crippen molar-refractivity contribution < 1.29 is 4.92 Å². The SMILES string of the molecule is Cc1ccc(CN2CCc3nc(-c4cccs4)[nH]c(=O)c3C2)cc1[N+](=O)[O-]. The van der Waals surface area contributed by atoms with Crippen molar-refractivity contribution in [3.8, 4) is 10.7 Å². The number of fused-ring (bicyclic) bond motifs is 1. The Labute approximate surface area is 159 Å². The zero-order chi connectivity index (χ0) is 19.0. The highest BCUT2D eigenvalue weighted by Crippen LogP contribution is 2.24. The van der Waals surface area contributed by atoms with Crippen LogP contribution >= 0.6 is 11.3 Å². The first-order valence-corrected chi connectivity index (χ1v) is 9.51. The fourth-order valence-corrected chi connectivity index (χ4v) is 4.02. The highest BCUT2D eigenvalue weighted by molar-refractivity contribution is 7.13. The Bertz CT molecular complexity index is 1060. The van der Waals surface area contributed by atoms with Gasteiger partial charge in [0.1, 0.15) is 0 Å².